The van der Waals surface area contributed by atoms with E-state index in [2.05, 4.69) is 20.7 Å². The summed E-state index contributed by atoms with van der Waals surface area (Å²) in [6.45, 7) is 0.360. The predicted molar refractivity (Wildman–Crippen MR) is 95.3 cm³/mol. The highest BCUT2D eigenvalue weighted by Crippen LogP contribution is 2.24. The van der Waals surface area contributed by atoms with Gasteiger partial charge >= 0.3 is 0 Å². The minimum Gasteiger partial charge on any atom is -0.459 e. The smallest absolute Gasteiger partial charge is 0.286 e. The second kappa shape index (κ2) is 8.30. The number of carbonyl (C=O) groups is 2. The average molecular weight is 374 g/mol. The second-order valence-corrected chi connectivity index (χ2v) is 5.82. The maximum absolute atomic E-state index is 12.2. The van der Waals surface area contributed by atoms with Crippen molar-refractivity contribution < 1.29 is 14.0 Å². The van der Waals surface area contributed by atoms with Gasteiger partial charge in [0.15, 0.2) is 5.76 Å². The van der Waals surface area contributed by atoms with Crippen LogP contribution in [0.5, 0.6) is 0 Å². The van der Waals surface area contributed by atoms with E-state index in [1.807, 2.05) is 0 Å². The third-order valence-corrected chi connectivity index (χ3v) is 3.74. The zero-order chi connectivity index (χ0) is 18.4. The van der Waals surface area contributed by atoms with Gasteiger partial charge in [0, 0.05) is 18.0 Å². The molecule has 9 heteroatoms. The first-order valence-electron chi connectivity index (χ1n) is 7.89. The number of furan rings is 1. The first-order chi connectivity index (χ1) is 12.6. The van der Waals surface area contributed by atoms with Gasteiger partial charge in [0.05, 0.1) is 17.6 Å². The van der Waals surface area contributed by atoms with Crippen molar-refractivity contribution in [1.29, 1.82) is 0 Å². The number of hydrogen-bond donors (Lipinski definition) is 2. The molecule has 0 aliphatic heterocycles. The fraction of sp³-hybridized carbons (Fsp3) is 0.176. The lowest BCUT2D eigenvalue weighted by molar-refractivity contribution is -0.116. The molecule has 1 aromatic carbocycles. The van der Waals surface area contributed by atoms with Crippen molar-refractivity contribution in [3.05, 3.63) is 60.0 Å². The summed E-state index contributed by atoms with van der Waals surface area (Å²) in [7, 11) is 0. The number of rotatable bonds is 7. The van der Waals surface area contributed by atoms with Crippen LogP contribution in [0.1, 0.15) is 23.4 Å². The minimum atomic E-state index is -0.307. The molecule has 0 unspecified atom stereocenters. The van der Waals surface area contributed by atoms with Crippen molar-refractivity contribution in [2.75, 3.05) is 11.9 Å². The van der Waals surface area contributed by atoms with Gasteiger partial charge in [0.1, 0.15) is 12.7 Å². The molecule has 134 valence electrons. The summed E-state index contributed by atoms with van der Waals surface area (Å²) in [5.74, 6) is -0.259. The molecule has 0 aliphatic rings. The summed E-state index contributed by atoms with van der Waals surface area (Å²) in [6.07, 6.45) is 5.09. The van der Waals surface area contributed by atoms with Gasteiger partial charge in [0.25, 0.3) is 5.91 Å². The molecule has 0 saturated carbocycles. The predicted octanol–water partition coefficient (Wildman–Crippen LogP) is 2.66. The Morgan fingerprint density at radius 3 is 2.88 bits per heavy atom. The molecule has 26 heavy (non-hydrogen) atoms. The van der Waals surface area contributed by atoms with E-state index in [1.165, 1.54) is 23.6 Å². The van der Waals surface area contributed by atoms with E-state index in [0.29, 0.717) is 29.4 Å². The van der Waals surface area contributed by atoms with Crippen molar-refractivity contribution in [1.82, 2.24) is 20.1 Å². The van der Waals surface area contributed by atoms with Gasteiger partial charge in [-0.1, -0.05) is 11.6 Å². The van der Waals surface area contributed by atoms with Gasteiger partial charge < -0.3 is 15.1 Å². The molecule has 8 nitrogen and oxygen atoms in total. The molecule has 0 radical (unpaired) electrons. The van der Waals surface area contributed by atoms with Gasteiger partial charge in [-0.05, 0) is 36.8 Å². The number of carbonyl (C=O) groups excluding carboxylic acids is 2. The van der Waals surface area contributed by atoms with Crippen LogP contribution in [-0.4, -0.2) is 33.1 Å². The number of hydrogen-bond acceptors (Lipinski definition) is 5. The Balaban J connectivity index is 1.52. The SMILES string of the molecule is O=C(CCCNC(=O)c1ccco1)Nc1cc(Cl)ccc1-n1cncn1. The number of benzene rings is 1. The van der Waals surface area contributed by atoms with Crippen molar-refractivity contribution in [3.63, 3.8) is 0 Å². The van der Waals surface area contributed by atoms with Crippen molar-refractivity contribution in [3.8, 4) is 5.69 Å². The monoisotopic (exact) mass is 373 g/mol. The topological polar surface area (TPSA) is 102 Å². The molecular formula is C17H16ClN5O3. The van der Waals surface area contributed by atoms with Crippen LogP contribution < -0.4 is 10.6 Å². The number of halogens is 1. The quantitative estimate of drug-likeness (QED) is 0.620. The molecule has 0 fully saturated rings. The van der Waals surface area contributed by atoms with Crippen LogP contribution in [0, 0.1) is 0 Å². The van der Waals surface area contributed by atoms with E-state index in [-0.39, 0.29) is 24.0 Å². The molecule has 2 amide bonds. The van der Waals surface area contributed by atoms with Crippen LogP contribution in [-0.2, 0) is 4.79 Å². The number of aromatic nitrogens is 3. The summed E-state index contributed by atoms with van der Waals surface area (Å²) >= 11 is 6.02. The lowest BCUT2D eigenvalue weighted by Gasteiger charge is -2.11. The Labute approximate surface area is 154 Å². The van der Waals surface area contributed by atoms with Crippen LogP contribution in [0.2, 0.25) is 5.02 Å². The van der Waals surface area contributed by atoms with Crippen LogP contribution in [0.25, 0.3) is 5.69 Å². The summed E-state index contributed by atoms with van der Waals surface area (Å²) in [5, 5.41) is 10.1. The second-order valence-electron chi connectivity index (χ2n) is 5.39. The normalized spacial score (nSPS) is 10.5. The van der Waals surface area contributed by atoms with E-state index in [4.69, 9.17) is 16.0 Å². The van der Waals surface area contributed by atoms with E-state index < -0.39 is 0 Å². The van der Waals surface area contributed by atoms with Crippen LogP contribution in [0.3, 0.4) is 0 Å². The molecule has 3 rings (SSSR count). The Hall–Kier alpha value is -3.13. The van der Waals surface area contributed by atoms with Gasteiger partial charge in [-0.3, -0.25) is 9.59 Å². The van der Waals surface area contributed by atoms with E-state index in [0.717, 1.165) is 0 Å². The molecular weight excluding hydrogens is 358 g/mol. The van der Waals surface area contributed by atoms with Crippen LogP contribution in [0.15, 0.2) is 53.7 Å². The molecule has 0 spiro atoms. The summed E-state index contributed by atoms with van der Waals surface area (Å²) < 4.78 is 6.53. The maximum Gasteiger partial charge on any atom is 0.286 e. The highest BCUT2D eigenvalue weighted by molar-refractivity contribution is 6.31. The number of nitrogens with one attached hydrogen (secondary N) is 2. The molecule has 0 aliphatic carbocycles. The fourth-order valence-electron chi connectivity index (χ4n) is 2.30. The van der Waals surface area contributed by atoms with Crippen molar-refractivity contribution in [2.45, 2.75) is 12.8 Å². The molecule has 0 bridgehead atoms. The molecule has 3 aromatic rings. The van der Waals surface area contributed by atoms with Crippen LogP contribution >= 0.6 is 11.6 Å². The molecule has 2 aromatic heterocycles. The van der Waals surface area contributed by atoms with Crippen molar-refractivity contribution in [2.24, 2.45) is 0 Å². The van der Waals surface area contributed by atoms with E-state index in [9.17, 15) is 9.59 Å². The molecule has 2 N–H and O–H groups in total. The van der Waals surface area contributed by atoms with Gasteiger partial charge in [0.2, 0.25) is 5.91 Å². The summed E-state index contributed by atoms with van der Waals surface area (Å²) in [6, 6.07) is 8.32. The summed E-state index contributed by atoms with van der Waals surface area (Å²) in [4.78, 5) is 27.8. The van der Waals surface area contributed by atoms with Gasteiger partial charge in [-0.15, -0.1) is 0 Å². The van der Waals surface area contributed by atoms with Gasteiger partial charge in [-0.2, -0.15) is 5.10 Å². The summed E-state index contributed by atoms with van der Waals surface area (Å²) in [5.41, 5.74) is 1.19. The zero-order valence-corrected chi connectivity index (χ0v) is 14.4. The third kappa shape index (κ3) is 4.48. The van der Waals surface area contributed by atoms with E-state index in [1.54, 1.807) is 30.3 Å². The Morgan fingerprint density at radius 1 is 1.27 bits per heavy atom. The third-order valence-electron chi connectivity index (χ3n) is 3.51. The lowest BCUT2D eigenvalue weighted by atomic mass is 10.2. The Morgan fingerprint density at radius 2 is 2.15 bits per heavy atom. The number of anilines is 1. The fourth-order valence-corrected chi connectivity index (χ4v) is 2.47. The Kier molecular flexibility index (Phi) is 5.65. The highest BCUT2D eigenvalue weighted by Gasteiger charge is 2.11. The first-order valence-corrected chi connectivity index (χ1v) is 8.27. The van der Waals surface area contributed by atoms with Crippen LogP contribution in [0.4, 0.5) is 5.69 Å². The minimum absolute atomic E-state index is 0.194. The first kappa shape index (κ1) is 17.7. The van der Waals surface area contributed by atoms with Crippen molar-refractivity contribution >= 4 is 29.1 Å². The standard InChI is InChI=1S/C17H16ClN5O3/c18-12-5-6-14(23-11-19-10-21-23)13(9-12)22-16(24)4-1-7-20-17(25)15-3-2-8-26-15/h2-3,5-6,8-11H,1,4,7H2,(H,20,25)(H,22,24). The highest BCUT2D eigenvalue weighted by atomic mass is 35.5. The number of nitrogens with zero attached hydrogens (tertiary/aromatic N) is 3. The Bertz CT molecular complexity index is 878. The molecule has 2 heterocycles. The molecule has 0 saturated heterocycles. The maximum atomic E-state index is 12.2. The largest absolute Gasteiger partial charge is 0.459 e. The molecule has 0 atom stereocenters. The van der Waals surface area contributed by atoms with E-state index >= 15 is 0 Å². The van der Waals surface area contributed by atoms with Gasteiger partial charge in [-0.25, -0.2) is 9.67 Å². The zero-order valence-electron chi connectivity index (χ0n) is 13.7. The lowest BCUT2D eigenvalue weighted by Crippen LogP contribution is -2.25. The number of amides is 2. The average Bonchev–Trinajstić information content (AvgIpc) is 3.32.